The van der Waals surface area contributed by atoms with E-state index < -0.39 is 22.0 Å². The predicted octanol–water partition coefficient (Wildman–Crippen LogP) is 0.431. The topological polar surface area (TPSA) is 85.2 Å². The molecule has 1 rings (SSSR count). The van der Waals surface area contributed by atoms with E-state index in [1.54, 1.807) is 0 Å². The summed E-state index contributed by atoms with van der Waals surface area (Å²) in [5.41, 5.74) is -2.22. The number of pyridine rings is 1. The molecule has 0 bridgehead atoms. The highest BCUT2D eigenvalue weighted by Gasteiger charge is 2.22. The maximum absolute atomic E-state index is 12.7. The Balaban J connectivity index is 3.48. The molecule has 70 valence electrons. The molecule has 1 aromatic heterocycles. The summed E-state index contributed by atoms with van der Waals surface area (Å²) in [6.07, 6.45) is 0.921. The third kappa shape index (κ3) is 1.48. The van der Waals surface area contributed by atoms with Crippen LogP contribution in [0, 0.1) is 16.1 Å². The molecule has 0 saturated carbocycles. The summed E-state index contributed by atoms with van der Waals surface area (Å²) in [4.78, 5) is 22.0. The number of aromatic nitrogens is 1. The van der Waals surface area contributed by atoms with Crippen LogP contribution in [0.1, 0.15) is 0 Å². The normalized spacial score (nSPS) is 9.69. The summed E-state index contributed by atoms with van der Waals surface area (Å²) in [6, 6.07) is 0. The first kappa shape index (κ1) is 9.17. The lowest BCUT2D eigenvalue weighted by atomic mass is 10.4. The Morgan fingerprint density at radius 2 is 2.31 bits per heavy atom. The van der Waals surface area contributed by atoms with E-state index in [0.717, 1.165) is 13.3 Å². The van der Waals surface area contributed by atoms with Crippen LogP contribution >= 0.6 is 0 Å². The van der Waals surface area contributed by atoms with Crippen molar-refractivity contribution in [1.82, 2.24) is 4.98 Å². The lowest BCUT2D eigenvalue weighted by molar-refractivity contribution is -0.389. The summed E-state index contributed by atoms with van der Waals surface area (Å²) in [6.45, 7) is 0. The molecule has 13 heavy (non-hydrogen) atoms. The van der Waals surface area contributed by atoms with Crippen molar-refractivity contribution in [2.24, 2.45) is 0 Å². The van der Waals surface area contributed by atoms with Crippen LogP contribution in [0.15, 0.2) is 11.0 Å². The number of H-pyrrole nitrogens is 1. The zero-order chi connectivity index (χ0) is 10.0. The van der Waals surface area contributed by atoms with E-state index in [0.29, 0.717) is 0 Å². The van der Waals surface area contributed by atoms with Crippen molar-refractivity contribution in [1.29, 1.82) is 0 Å². The number of ether oxygens (including phenoxy) is 1. The molecule has 6 nitrogen and oxygen atoms in total. The van der Waals surface area contributed by atoms with E-state index in [1.165, 1.54) is 0 Å². The summed E-state index contributed by atoms with van der Waals surface area (Å²) in [7, 11) is 1.16. The monoisotopic (exact) mass is 188 g/mol. The molecule has 0 atom stereocenters. The molecule has 7 heteroatoms. The van der Waals surface area contributed by atoms with E-state index in [4.69, 9.17) is 0 Å². The molecule has 0 saturated heterocycles. The maximum Gasteiger partial charge on any atom is 0.372 e. The highest BCUT2D eigenvalue weighted by Crippen LogP contribution is 2.12. The predicted molar refractivity (Wildman–Crippen MR) is 40.2 cm³/mol. The molecular weight excluding hydrogens is 183 g/mol. The molecule has 0 radical (unpaired) electrons. The average molecular weight is 188 g/mol. The molecule has 0 aliphatic rings. The van der Waals surface area contributed by atoms with Crippen LogP contribution in [0.25, 0.3) is 0 Å². The molecule has 0 fully saturated rings. The number of aromatic amines is 1. The SMILES string of the molecule is COc1c[nH]c(F)c([N+](=O)[O-])c1=O. The molecular formula is C6H5FN2O4. The second-order valence-electron chi connectivity index (χ2n) is 2.11. The zero-order valence-corrected chi connectivity index (χ0v) is 6.54. The number of nitrogens with one attached hydrogen (secondary N) is 1. The molecule has 1 heterocycles. The maximum atomic E-state index is 12.7. The van der Waals surface area contributed by atoms with Crippen LogP contribution in [0.2, 0.25) is 0 Å². The summed E-state index contributed by atoms with van der Waals surface area (Å²) in [5, 5.41) is 10.2. The molecule has 0 aliphatic heterocycles. The fraction of sp³-hybridized carbons (Fsp3) is 0.167. The Morgan fingerprint density at radius 1 is 1.69 bits per heavy atom. The van der Waals surface area contributed by atoms with Crippen molar-refractivity contribution in [3.63, 3.8) is 0 Å². The van der Waals surface area contributed by atoms with E-state index in [-0.39, 0.29) is 5.75 Å². The van der Waals surface area contributed by atoms with Crippen molar-refractivity contribution in [3.05, 3.63) is 32.5 Å². The molecule has 0 unspecified atom stereocenters. The van der Waals surface area contributed by atoms with Gasteiger partial charge in [-0.1, -0.05) is 0 Å². The second kappa shape index (κ2) is 3.21. The quantitative estimate of drug-likeness (QED) is 0.414. The van der Waals surface area contributed by atoms with Gasteiger partial charge in [0.2, 0.25) is 0 Å². The second-order valence-corrected chi connectivity index (χ2v) is 2.11. The smallest absolute Gasteiger partial charge is 0.372 e. The lowest BCUT2D eigenvalue weighted by Gasteiger charge is -1.97. The third-order valence-electron chi connectivity index (χ3n) is 1.38. The van der Waals surface area contributed by atoms with Crippen LogP contribution in [0.3, 0.4) is 0 Å². The fourth-order valence-electron chi connectivity index (χ4n) is 0.794. The minimum Gasteiger partial charge on any atom is -0.491 e. The van der Waals surface area contributed by atoms with Crippen molar-refractivity contribution in [2.45, 2.75) is 0 Å². The fourth-order valence-corrected chi connectivity index (χ4v) is 0.794. The Kier molecular flexibility index (Phi) is 2.27. The van der Waals surface area contributed by atoms with Gasteiger partial charge in [-0.15, -0.1) is 0 Å². The van der Waals surface area contributed by atoms with Gasteiger partial charge in [0, 0.05) is 0 Å². The van der Waals surface area contributed by atoms with Gasteiger partial charge in [-0.3, -0.25) is 14.9 Å². The number of rotatable bonds is 2. The first-order valence-corrected chi connectivity index (χ1v) is 3.17. The Morgan fingerprint density at radius 3 is 2.77 bits per heavy atom. The van der Waals surface area contributed by atoms with Gasteiger partial charge in [0.15, 0.2) is 5.75 Å². The minimum atomic E-state index is -1.28. The summed E-state index contributed by atoms with van der Waals surface area (Å²) >= 11 is 0. The highest BCUT2D eigenvalue weighted by atomic mass is 19.1. The lowest BCUT2D eigenvalue weighted by Crippen LogP contribution is -2.13. The van der Waals surface area contributed by atoms with Crippen LogP contribution in [-0.2, 0) is 0 Å². The van der Waals surface area contributed by atoms with E-state index in [2.05, 4.69) is 4.74 Å². The van der Waals surface area contributed by atoms with Crippen molar-refractivity contribution < 1.29 is 14.1 Å². The van der Waals surface area contributed by atoms with Crippen molar-refractivity contribution in [2.75, 3.05) is 7.11 Å². The average Bonchev–Trinajstić information content (AvgIpc) is 2.04. The van der Waals surface area contributed by atoms with Crippen LogP contribution in [0.4, 0.5) is 10.1 Å². The van der Waals surface area contributed by atoms with E-state index in [9.17, 15) is 19.3 Å². The van der Waals surface area contributed by atoms with Crippen molar-refractivity contribution >= 4 is 5.69 Å². The van der Waals surface area contributed by atoms with Gasteiger partial charge in [-0.05, 0) is 0 Å². The van der Waals surface area contributed by atoms with Gasteiger partial charge in [-0.25, -0.2) is 0 Å². The van der Waals surface area contributed by atoms with Crippen molar-refractivity contribution in [3.8, 4) is 5.75 Å². The van der Waals surface area contributed by atoms with Gasteiger partial charge in [0.05, 0.1) is 18.2 Å². The van der Waals surface area contributed by atoms with Crippen LogP contribution in [0.5, 0.6) is 5.75 Å². The molecule has 1 aromatic rings. The summed E-state index contributed by atoms with van der Waals surface area (Å²) in [5.74, 6) is -1.58. The van der Waals surface area contributed by atoms with E-state index >= 15 is 0 Å². The van der Waals surface area contributed by atoms with Gasteiger partial charge in [0.25, 0.3) is 5.95 Å². The number of halogens is 1. The third-order valence-corrected chi connectivity index (χ3v) is 1.38. The zero-order valence-electron chi connectivity index (χ0n) is 6.54. The molecule has 0 aromatic carbocycles. The number of nitrogens with zero attached hydrogens (tertiary/aromatic N) is 1. The first-order valence-electron chi connectivity index (χ1n) is 3.17. The van der Waals surface area contributed by atoms with Gasteiger partial charge in [-0.2, -0.15) is 4.39 Å². The molecule has 1 N–H and O–H groups in total. The number of nitro groups is 1. The van der Waals surface area contributed by atoms with Crippen LogP contribution in [-0.4, -0.2) is 17.0 Å². The Bertz CT molecular complexity index is 400. The Labute approximate surface area is 71.1 Å². The van der Waals surface area contributed by atoms with Gasteiger partial charge < -0.3 is 9.72 Å². The largest absolute Gasteiger partial charge is 0.491 e. The molecule has 0 spiro atoms. The number of methoxy groups -OCH3 is 1. The first-order chi connectivity index (χ1) is 6.07. The van der Waals surface area contributed by atoms with Gasteiger partial charge in [0.1, 0.15) is 0 Å². The number of hydrogen-bond donors (Lipinski definition) is 1. The Hall–Kier alpha value is -1.92. The van der Waals surface area contributed by atoms with Crippen LogP contribution < -0.4 is 10.2 Å². The van der Waals surface area contributed by atoms with E-state index in [1.807, 2.05) is 4.98 Å². The standard InChI is InChI=1S/C6H5FN2O4/c1-13-3-2-8-6(7)4(5(3)10)9(11)12/h2H,1H3,(H,8,10). The molecule has 0 aliphatic carbocycles. The minimum absolute atomic E-state index is 0.298. The van der Waals surface area contributed by atoms with Gasteiger partial charge >= 0.3 is 11.1 Å². The summed E-state index contributed by atoms with van der Waals surface area (Å²) < 4.78 is 17.1. The highest BCUT2D eigenvalue weighted by molar-refractivity contribution is 5.35. The number of hydrogen-bond acceptors (Lipinski definition) is 4. The molecule has 0 amide bonds.